The minimum absolute atomic E-state index is 0.0166. The monoisotopic (exact) mass is 296 g/mol. The van der Waals surface area contributed by atoms with Gasteiger partial charge in [-0.25, -0.2) is 8.42 Å². The van der Waals surface area contributed by atoms with Crippen LogP contribution in [-0.4, -0.2) is 13.7 Å². The molecule has 1 rings (SSSR count). The summed E-state index contributed by atoms with van der Waals surface area (Å²) in [6.45, 7) is 0. The van der Waals surface area contributed by atoms with E-state index in [-0.39, 0.29) is 5.75 Å². The third kappa shape index (κ3) is 3.59. The number of hydrogen-bond donors (Lipinski definition) is 1. The zero-order valence-corrected chi connectivity index (χ0v) is 10.6. The van der Waals surface area contributed by atoms with E-state index in [4.69, 9.17) is 11.6 Å². The maximum absolute atomic E-state index is 10.5. The number of rotatable bonds is 4. The highest BCUT2D eigenvalue weighted by Gasteiger charge is 2.02. The second-order valence-corrected chi connectivity index (χ2v) is 5.04. The molecular formula is C9H10BrClO2S. The van der Waals surface area contributed by atoms with Crippen molar-refractivity contribution in [2.75, 3.05) is 5.33 Å². The summed E-state index contributed by atoms with van der Waals surface area (Å²) in [5.74, 6) is 0.0166. The van der Waals surface area contributed by atoms with E-state index in [0.29, 0.717) is 10.6 Å². The predicted octanol–water partition coefficient (Wildman–Crippen LogP) is 2.39. The zero-order chi connectivity index (χ0) is 10.6. The van der Waals surface area contributed by atoms with Gasteiger partial charge in [-0.05, 0) is 23.6 Å². The van der Waals surface area contributed by atoms with Crippen LogP contribution >= 0.6 is 27.5 Å². The third-order valence-corrected chi connectivity index (χ3v) is 3.15. The first-order chi connectivity index (χ1) is 6.63. The van der Waals surface area contributed by atoms with Crippen LogP contribution in [-0.2, 0) is 22.9 Å². The molecule has 14 heavy (non-hydrogen) atoms. The van der Waals surface area contributed by atoms with Crippen molar-refractivity contribution in [1.82, 2.24) is 0 Å². The summed E-state index contributed by atoms with van der Waals surface area (Å²) in [6, 6.07) is 5.49. The highest BCUT2D eigenvalue weighted by molar-refractivity contribution is 9.09. The molecule has 0 N–H and O–H groups in total. The van der Waals surface area contributed by atoms with Gasteiger partial charge in [-0.1, -0.05) is 39.7 Å². The standard InChI is InChI=1S/C9H10BrClO2S/c10-4-3-7-1-2-8(6-14(12)13)9(11)5-7/h1-2,5,14H,3-4,6H2. The van der Waals surface area contributed by atoms with Crippen LogP contribution in [0.5, 0.6) is 0 Å². The van der Waals surface area contributed by atoms with Crippen LogP contribution in [0.4, 0.5) is 0 Å². The zero-order valence-electron chi connectivity index (χ0n) is 7.37. The third-order valence-electron chi connectivity index (χ3n) is 1.80. The largest absolute Gasteiger partial charge is 0.232 e. The van der Waals surface area contributed by atoms with Gasteiger partial charge in [-0.15, -0.1) is 0 Å². The van der Waals surface area contributed by atoms with Gasteiger partial charge >= 0.3 is 0 Å². The molecule has 5 heteroatoms. The van der Waals surface area contributed by atoms with Crippen molar-refractivity contribution in [2.45, 2.75) is 12.2 Å². The molecule has 0 radical (unpaired) electrons. The number of alkyl halides is 1. The van der Waals surface area contributed by atoms with Crippen LogP contribution < -0.4 is 0 Å². The molecular weight excluding hydrogens is 288 g/mol. The molecule has 0 aliphatic rings. The molecule has 0 fully saturated rings. The molecule has 0 saturated heterocycles. The fourth-order valence-electron chi connectivity index (χ4n) is 1.12. The first-order valence-electron chi connectivity index (χ1n) is 4.08. The Kier molecular flexibility index (Phi) is 4.92. The molecule has 0 unspecified atom stereocenters. The lowest BCUT2D eigenvalue weighted by atomic mass is 10.1. The summed E-state index contributed by atoms with van der Waals surface area (Å²) in [5.41, 5.74) is 1.78. The van der Waals surface area contributed by atoms with Crippen molar-refractivity contribution in [1.29, 1.82) is 0 Å². The molecule has 2 nitrogen and oxygen atoms in total. The van der Waals surface area contributed by atoms with E-state index in [1.165, 1.54) is 0 Å². The first-order valence-corrected chi connectivity index (χ1v) is 6.94. The van der Waals surface area contributed by atoms with E-state index in [1.54, 1.807) is 6.07 Å². The average molecular weight is 298 g/mol. The summed E-state index contributed by atoms with van der Waals surface area (Å²) in [6.07, 6.45) is 0.892. The maximum atomic E-state index is 10.5. The fraction of sp³-hybridized carbons (Fsp3) is 0.333. The Balaban J connectivity index is 2.89. The van der Waals surface area contributed by atoms with Gasteiger partial charge in [0.2, 0.25) is 0 Å². The lowest BCUT2D eigenvalue weighted by Crippen LogP contribution is -1.91. The molecule has 0 aliphatic carbocycles. The van der Waals surface area contributed by atoms with Crippen molar-refractivity contribution in [3.63, 3.8) is 0 Å². The molecule has 1 aromatic rings. The number of aryl methyl sites for hydroxylation is 1. The molecule has 0 atom stereocenters. The maximum Gasteiger partial charge on any atom is 0.144 e. The summed E-state index contributed by atoms with van der Waals surface area (Å²) in [4.78, 5) is 0. The first kappa shape index (κ1) is 12.0. The van der Waals surface area contributed by atoms with Crippen molar-refractivity contribution >= 4 is 38.2 Å². The topological polar surface area (TPSA) is 34.1 Å². The molecule has 0 aromatic heterocycles. The molecule has 78 valence electrons. The van der Waals surface area contributed by atoms with Crippen LogP contribution in [0.2, 0.25) is 5.02 Å². The fourth-order valence-corrected chi connectivity index (χ4v) is 2.50. The number of benzene rings is 1. The Bertz CT molecular complexity index is 382. The minimum Gasteiger partial charge on any atom is -0.232 e. The van der Waals surface area contributed by atoms with Gasteiger partial charge in [0.25, 0.3) is 0 Å². The van der Waals surface area contributed by atoms with E-state index in [1.807, 2.05) is 12.1 Å². The van der Waals surface area contributed by atoms with Gasteiger partial charge < -0.3 is 0 Å². The molecule has 0 aliphatic heterocycles. The van der Waals surface area contributed by atoms with Crippen molar-refractivity contribution in [3.05, 3.63) is 34.3 Å². The number of hydrogen-bond acceptors (Lipinski definition) is 2. The van der Waals surface area contributed by atoms with Crippen LogP contribution in [0, 0.1) is 0 Å². The average Bonchev–Trinajstić information content (AvgIpc) is 2.10. The lowest BCUT2D eigenvalue weighted by molar-refractivity contribution is 0.614. The van der Waals surface area contributed by atoms with Crippen LogP contribution in [0.25, 0.3) is 0 Å². The molecule has 0 saturated carbocycles. The quantitative estimate of drug-likeness (QED) is 0.684. The number of thiol groups is 1. The van der Waals surface area contributed by atoms with E-state index in [0.717, 1.165) is 17.3 Å². The summed E-state index contributed by atoms with van der Waals surface area (Å²) >= 11 is 9.26. The van der Waals surface area contributed by atoms with Crippen LogP contribution in [0.1, 0.15) is 11.1 Å². The van der Waals surface area contributed by atoms with Gasteiger partial charge in [0.15, 0.2) is 0 Å². The molecule has 0 heterocycles. The molecule has 0 amide bonds. The van der Waals surface area contributed by atoms with Gasteiger partial charge in [-0.3, -0.25) is 0 Å². The lowest BCUT2D eigenvalue weighted by Gasteiger charge is -2.03. The van der Waals surface area contributed by atoms with Gasteiger partial charge in [0.1, 0.15) is 10.7 Å². The normalized spacial score (nSPS) is 10.8. The van der Waals surface area contributed by atoms with Gasteiger partial charge in [-0.2, -0.15) is 0 Å². The second-order valence-electron chi connectivity index (χ2n) is 2.86. The van der Waals surface area contributed by atoms with Crippen molar-refractivity contribution in [2.24, 2.45) is 0 Å². The molecule has 1 aromatic carbocycles. The number of halogens is 2. The molecule has 0 spiro atoms. The van der Waals surface area contributed by atoms with Crippen molar-refractivity contribution in [3.8, 4) is 0 Å². The van der Waals surface area contributed by atoms with Crippen molar-refractivity contribution < 1.29 is 8.42 Å². The summed E-state index contributed by atoms with van der Waals surface area (Å²) in [7, 11) is -2.40. The Hall–Kier alpha value is -0.0600. The second kappa shape index (κ2) is 5.73. The summed E-state index contributed by atoms with van der Waals surface area (Å²) < 4.78 is 21.0. The van der Waals surface area contributed by atoms with E-state index in [2.05, 4.69) is 15.9 Å². The van der Waals surface area contributed by atoms with Crippen LogP contribution in [0.15, 0.2) is 18.2 Å². The summed E-state index contributed by atoms with van der Waals surface area (Å²) in [5, 5.41) is 1.40. The van der Waals surface area contributed by atoms with Crippen LogP contribution in [0.3, 0.4) is 0 Å². The predicted molar refractivity (Wildman–Crippen MR) is 63.0 cm³/mol. The van der Waals surface area contributed by atoms with Gasteiger partial charge in [0, 0.05) is 10.4 Å². The van der Waals surface area contributed by atoms with E-state index in [9.17, 15) is 8.42 Å². The van der Waals surface area contributed by atoms with Gasteiger partial charge in [0.05, 0.1) is 5.75 Å². The Labute approximate surface area is 98.4 Å². The Morgan fingerprint density at radius 2 is 2.07 bits per heavy atom. The van der Waals surface area contributed by atoms with E-state index >= 15 is 0 Å². The Morgan fingerprint density at radius 3 is 2.57 bits per heavy atom. The minimum atomic E-state index is -2.40. The van der Waals surface area contributed by atoms with E-state index < -0.39 is 10.7 Å². The molecule has 0 bridgehead atoms. The highest BCUT2D eigenvalue weighted by Crippen LogP contribution is 2.19. The SMILES string of the molecule is O=[SH](=O)Cc1ccc(CCBr)cc1Cl. The Morgan fingerprint density at radius 1 is 1.36 bits per heavy atom. The smallest absolute Gasteiger partial charge is 0.144 e. The highest BCUT2D eigenvalue weighted by atomic mass is 79.9.